The summed E-state index contributed by atoms with van der Waals surface area (Å²) >= 11 is 1.13. The lowest BCUT2D eigenvalue weighted by Gasteiger charge is -2.33. The van der Waals surface area contributed by atoms with E-state index < -0.39 is 23.1 Å². The van der Waals surface area contributed by atoms with Crippen LogP contribution in [0.5, 0.6) is 5.75 Å². The van der Waals surface area contributed by atoms with Crippen molar-refractivity contribution in [1.82, 2.24) is 14.8 Å². The molecule has 198 valence electrons. The van der Waals surface area contributed by atoms with Crippen molar-refractivity contribution in [2.24, 2.45) is 0 Å². The van der Waals surface area contributed by atoms with Crippen LogP contribution in [0.4, 0.5) is 4.79 Å². The van der Waals surface area contributed by atoms with E-state index in [0.29, 0.717) is 15.8 Å². The largest absolute Gasteiger partial charge is 0.494 e. The van der Waals surface area contributed by atoms with Gasteiger partial charge in [0.25, 0.3) is 11.5 Å². The lowest BCUT2D eigenvalue weighted by atomic mass is 10.1. The molecule has 2 amide bonds. The van der Waals surface area contributed by atoms with Gasteiger partial charge in [0.2, 0.25) is 0 Å². The van der Waals surface area contributed by atoms with Crippen molar-refractivity contribution in [3.05, 3.63) is 75.4 Å². The van der Waals surface area contributed by atoms with Crippen LogP contribution >= 0.6 is 11.3 Å². The zero-order chi connectivity index (χ0) is 27.6. The normalized spacial score (nSPS) is 11.5. The average molecular weight is 536 g/mol. The van der Waals surface area contributed by atoms with Crippen molar-refractivity contribution in [2.45, 2.75) is 32.9 Å². The molecule has 4 rings (SSSR count). The van der Waals surface area contributed by atoms with Gasteiger partial charge in [0, 0.05) is 29.6 Å². The molecule has 2 aromatic carbocycles. The third-order valence-electron chi connectivity index (χ3n) is 6.23. The summed E-state index contributed by atoms with van der Waals surface area (Å²) in [5, 5.41) is 13.2. The van der Waals surface area contributed by atoms with Gasteiger partial charge in [-0.15, -0.1) is 11.3 Å². The van der Waals surface area contributed by atoms with Gasteiger partial charge in [-0.1, -0.05) is 48.5 Å². The first-order valence-corrected chi connectivity index (χ1v) is 12.8. The van der Waals surface area contributed by atoms with Crippen LogP contribution in [-0.4, -0.2) is 58.1 Å². The van der Waals surface area contributed by atoms with Crippen LogP contribution in [0.15, 0.2) is 59.4 Å². The monoisotopic (exact) mass is 535 g/mol. The molecular weight excluding hydrogens is 506 g/mol. The molecular formula is C28H29N3O6S. The summed E-state index contributed by atoms with van der Waals surface area (Å²) in [7, 11) is 1.39. The van der Waals surface area contributed by atoms with Crippen molar-refractivity contribution in [3.63, 3.8) is 0 Å². The zero-order valence-electron chi connectivity index (χ0n) is 21.6. The number of carbonyl (C=O) groups excluding carboxylic acids is 2. The second kappa shape index (κ2) is 10.7. The fourth-order valence-electron chi connectivity index (χ4n) is 4.38. The van der Waals surface area contributed by atoms with Gasteiger partial charge in [-0.25, -0.2) is 4.79 Å². The smallest absolute Gasteiger partial charge is 0.407 e. The van der Waals surface area contributed by atoms with Gasteiger partial charge in [0.1, 0.15) is 10.3 Å². The number of carboxylic acid groups (broad SMARTS) is 1. The number of nitrogens with one attached hydrogen (secondary N) is 1. The van der Waals surface area contributed by atoms with E-state index in [9.17, 15) is 24.3 Å². The second-order valence-electron chi connectivity index (χ2n) is 9.73. The minimum absolute atomic E-state index is 0.0797. The average Bonchev–Trinajstić information content (AvgIpc) is 3.28. The number of aromatic nitrogens is 1. The number of amides is 2. The number of nitrogens with zero attached hydrogens (tertiary/aromatic N) is 2. The number of Topliss-reactive ketones (excluding diaryl/α,β-unsaturated/α-hetero) is 1. The fraction of sp³-hybridized carbons (Fsp3) is 0.286. The van der Waals surface area contributed by atoms with Gasteiger partial charge in [-0.05, 0) is 26.8 Å². The summed E-state index contributed by atoms with van der Waals surface area (Å²) in [5.74, 6) is -0.561. The lowest BCUT2D eigenvalue weighted by molar-refractivity contribution is 0.0893. The summed E-state index contributed by atoms with van der Waals surface area (Å²) in [5.41, 5.74) is 0.00600. The summed E-state index contributed by atoms with van der Waals surface area (Å²) < 4.78 is 7.56. The van der Waals surface area contributed by atoms with Gasteiger partial charge in [0.15, 0.2) is 11.5 Å². The summed E-state index contributed by atoms with van der Waals surface area (Å²) in [6, 6.07) is 16.0. The second-order valence-corrected chi connectivity index (χ2v) is 10.7. The molecule has 0 saturated heterocycles. The maximum Gasteiger partial charge on any atom is 0.407 e. The third kappa shape index (κ3) is 5.12. The minimum atomic E-state index is -1.08. The van der Waals surface area contributed by atoms with Gasteiger partial charge in [-0.3, -0.25) is 19.0 Å². The van der Waals surface area contributed by atoms with E-state index in [-0.39, 0.29) is 41.4 Å². The number of pyridine rings is 1. The highest BCUT2D eigenvalue weighted by molar-refractivity contribution is 7.22. The molecule has 0 aliphatic carbocycles. The predicted octanol–water partition coefficient (Wildman–Crippen LogP) is 4.62. The van der Waals surface area contributed by atoms with E-state index in [1.165, 1.54) is 16.6 Å². The van der Waals surface area contributed by atoms with E-state index in [2.05, 4.69) is 5.32 Å². The van der Waals surface area contributed by atoms with Gasteiger partial charge < -0.3 is 20.1 Å². The van der Waals surface area contributed by atoms with Crippen LogP contribution < -0.4 is 15.6 Å². The van der Waals surface area contributed by atoms with Crippen molar-refractivity contribution < 1.29 is 24.2 Å². The Bertz CT molecular complexity index is 1580. The highest BCUT2D eigenvalue weighted by Crippen LogP contribution is 2.39. The Balaban J connectivity index is 1.74. The third-order valence-corrected chi connectivity index (χ3v) is 7.44. The van der Waals surface area contributed by atoms with Crippen LogP contribution in [0.3, 0.4) is 0 Å². The topological polar surface area (TPSA) is 118 Å². The Labute approximate surface area is 223 Å². The first-order valence-electron chi connectivity index (χ1n) is 12.0. The highest BCUT2D eigenvalue weighted by Gasteiger charge is 2.28. The van der Waals surface area contributed by atoms with Crippen molar-refractivity contribution in [2.75, 3.05) is 20.2 Å². The summed E-state index contributed by atoms with van der Waals surface area (Å²) in [6.45, 7) is 5.33. The number of para-hydroxylation sites is 1. The summed E-state index contributed by atoms with van der Waals surface area (Å²) in [4.78, 5) is 53.0. The number of ketones is 1. The molecule has 38 heavy (non-hydrogen) atoms. The van der Waals surface area contributed by atoms with Crippen LogP contribution in [0.25, 0.3) is 21.0 Å². The molecule has 2 heterocycles. The fourth-order valence-corrected chi connectivity index (χ4v) is 5.60. The Morgan fingerprint density at radius 3 is 2.34 bits per heavy atom. The molecule has 9 nitrogen and oxygen atoms in total. The Morgan fingerprint density at radius 2 is 1.71 bits per heavy atom. The maximum absolute atomic E-state index is 13.7. The number of methoxy groups -OCH3 is 1. The molecule has 0 bridgehead atoms. The maximum atomic E-state index is 13.7. The number of thiophene rings is 1. The standard InChI is InChI=1S/C28H29N3O6S/c1-28(2,3)31(27(35)36)15-14-29-25(33)24-22(37-4)21-23(38-24)18-12-8-9-13-19(18)30(26(21)34)16-20(32)17-10-6-5-7-11-17/h5-13H,14-16H2,1-4H3,(H,29,33)(H,35,36). The van der Waals surface area contributed by atoms with E-state index >= 15 is 0 Å². The van der Waals surface area contributed by atoms with Gasteiger partial charge >= 0.3 is 6.09 Å². The van der Waals surface area contributed by atoms with Crippen LogP contribution in [0, 0.1) is 0 Å². The highest BCUT2D eigenvalue weighted by atomic mass is 32.1. The predicted molar refractivity (Wildman–Crippen MR) is 148 cm³/mol. The Morgan fingerprint density at radius 1 is 1.05 bits per heavy atom. The van der Waals surface area contributed by atoms with Gasteiger partial charge in [-0.2, -0.15) is 0 Å². The molecule has 0 fully saturated rings. The Kier molecular flexibility index (Phi) is 7.54. The molecule has 0 atom stereocenters. The van der Waals surface area contributed by atoms with E-state index in [1.54, 1.807) is 57.2 Å². The van der Waals surface area contributed by atoms with Gasteiger partial charge in [0.05, 0.1) is 23.9 Å². The SMILES string of the molecule is COc1c(C(=O)NCCN(C(=O)O)C(C)(C)C)sc2c1c(=O)n(CC(=O)c1ccccc1)c1ccccc21. The molecule has 2 N–H and O–H groups in total. The quantitative estimate of drug-likeness (QED) is 0.318. The Hall–Kier alpha value is -4.18. The van der Waals surface area contributed by atoms with Crippen molar-refractivity contribution in [1.29, 1.82) is 0 Å². The summed E-state index contributed by atoms with van der Waals surface area (Å²) in [6.07, 6.45) is -1.08. The molecule has 0 radical (unpaired) electrons. The molecule has 0 aliphatic rings. The molecule has 0 spiro atoms. The number of rotatable bonds is 8. The zero-order valence-corrected chi connectivity index (χ0v) is 22.4. The molecule has 0 aliphatic heterocycles. The number of ether oxygens (including phenoxy) is 1. The van der Waals surface area contributed by atoms with E-state index in [0.717, 1.165) is 16.7 Å². The van der Waals surface area contributed by atoms with Crippen molar-refractivity contribution >= 4 is 50.1 Å². The van der Waals surface area contributed by atoms with Crippen LogP contribution in [0.1, 0.15) is 40.8 Å². The number of carbonyl (C=O) groups is 3. The van der Waals surface area contributed by atoms with Crippen molar-refractivity contribution in [3.8, 4) is 5.75 Å². The molecule has 0 unspecified atom stereocenters. The lowest BCUT2D eigenvalue weighted by Crippen LogP contribution is -2.48. The number of fused-ring (bicyclic) bond motifs is 3. The molecule has 10 heteroatoms. The van der Waals surface area contributed by atoms with E-state index in [1.807, 2.05) is 18.2 Å². The first kappa shape index (κ1) is 26.9. The molecule has 4 aromatic rings. The molecule has 2 aromatic heterocycles. The first-order chi connectivity index (χ1) is 18.0. The van der Waals surface area contributed by atoms with Crippen LogP contribution in [-0.2, 0) is 6.54 Å². The molecule has 0 saturated carbocycles. The number of benzene rings is 2. The van der Waals surface area contributed by atoms with E-state index in [4.69, 9.17) is 4.74 Å². The van der Waals surface area contributed by atoms with Crippen LogP contribution in [0.2, 0.25) is 0 Å². The number of hydrogen-bond donors (Lipinski definition) is 2. The number of hydrogen-bond acceptors (Lipinski definition) is 6. The minimum Gasteiger partial charge on any atom is -0.494 e.